The zero-order valence-electron chi connectivity index (χ0n) is 21.9. The summed E-state index contributed by atoms with van der Waals surface area (Å²) in [6.07, 6.45) is 5.84. The lowest BCUT2D eigenvalue weighted by Gasteiger charge is -2.32. The minimum Gasteiger partial charge on any atom is -0.354 e. The Hall–Kier alpha value is -3.16. The molecule has 7 nitrogen and oxygen atoms in total. The van der Waals surface area contributed by atoms with Crippen LogP contribution in [0.4, 0.5) is 0 Å². The Balaban J connectivity index is 1.61. The average Bonchev–Trinajstić information content (AvgIpc) is 3.19. The maximum atomic E-state index is 13.9. The lowest BCUT2D eigenvalue weighted by atomic mass is 9.85. The predicted octanol–water partition coefficient (Wildman–Crippen LogP) is 4.80. The van der Waals surface area contributed by atoms with Crippen molar-refractivity contribution in [2.75, 3.05) is 13.1 Å². The van der Waals surface area contributed by atoms with E-state index < -0.39 is 6.04 Å². The van der Waals surface area contributed by atoms with E-state index >= 15 is 0 Å². The van der Waals surface area contributed by atoms with Crippen LogP contribution in [0.5, 0.6) is 0 Å². The van der Waals surface area contributed by atoms with Crippen molar-refractivity contribution in [3.63, 3.8) is 0 Å². The largest absolute Gasteiger partial charge is 0.354 e. The topological polar surface area (TPSA) is 86.8 Å². The number of hydrogen-bond donors (Lipinski definition) is 1. The summed E-state index contributed by atoms with van der Waals surface area (Å²) < 4.78 is 0. The van der Waals surface area contributed by atoms with Gasteiger partial charge in [0.05, 0.1) is 11.8 Å². The first-order valence-corrected chi connectivity index (χ1v) is 14.1. The van der Waals surface area contributed by atoms with Crippen LogP contribution in [0.25, 0.3) is 0 Å². The number of likely N-dealkylation sites (tertiary alicyclic amines) is 1. The first-order chi connectivity index (χ1) is 18.8. The second-order valence-electron chi connectivity index (χ2n) is 9.95. The summed E-state index contributed by atoms with van der Waals surface area (Å²) in [6, 6.07) is 13.7. The number of rotatable bonds is 11. The molecule has 1 N–H and O–H groups in total. The fourth-order valence-electron chi connectivity index (χ4n) is 5.21. The second-order valence-corrected chi connectivity index (χ2v) is 10.8. The Morgan fingerprint density at radius 1 is 0.974 bits per heavy atom. The van der Waals surface area contributed by atoms with Crippen molar-refractivity contribution in [2.45, 2.75) is 51.6 Å². The van der Waals surface area contributed by atoms with E-state index in [-0.39, 0.29) is 61.4 Å². The van der Waals surface area contributed by atoms with Gasteiger partial charge < -0.3 is 10.2 Å². The Labute approximate surface area is 239 Å². The quantitative estimate of drug-likeness (QED) is 0.311. The summed E-state index contributed by atoms with van der Waals surface area (Å²) in [7, 11) is 0. The van der Waals surface area contributed by atoms with E-state index in [0.717, 1.165) is 12.0 Å². The van der Waals surface area contributed by atoms with Gasteiger partial charge in [-0.2, -0.15) is 0 Å². The number of nitrogens with one attached hydrogen (secondary N) is 1. The number of halogens is 2. The number of nitrogens with zero attached hydrogens (tertiary/aromatic N) is 2. The summed E-state index contributed by atoms with van der Waals surface area (Å²) in [4.78, 5) is 55.9. The van der Waals surface area contributed by atoms with E-state index in [1.54, 1.807) is 18.2 Å². The smallest absolute Gasteiger partial charge is 0.243 e. The number of carbonyl (C=O) groups is 4. The Bertz CT molecular complexity index is 1200. The molecule has 1 heterocycles. The molecule has 9 heteroatoms. The summed E-state index contributed by atoms with van der Waals surface area (Å²) in [5.74, 6) is -1.84. The highest BCUT2D eigenvalue weighted by molar-refractivity contribution is 6.36. The molecule has 4 amide bonds. The van der Waals surface area contributed by atoms with Gasteiger partial charge in [-0.1, -0.05) is 78.7 Å². The van der Waals surface area contributed by atoms with E-state index in [4.69, 9.17) is 23.2 Å². The molecule has 1 aliphatic carbocycles. The molecule has 0 unspecified atom stereocenters. The number of imide groups is 1. The van der Waals surface area contributed by atoms with E-state index in [1.807, 2.05) is 49.4 Å². The van der Waals surface area contributed by atoms with Crippen LogP contribution >= 0.6 is 23.2 Å². The molecule has 1 saturated heterocycles. The fourth-order valence-corrected chi connectivity index (χ4v) is 5.73. The third-order valence-electron chi connectivity index (χ3n) is 7.36. The summed E-state index contributed by atoms with van der Waals surface area (Å²) >= 11 is 12.9. The molecule has 2 aliphatic rings. The Morgan fingerprint density at radius 3 is 2.18 bits per heavy atom. The molecule has 2 aromatic carbocycles. The molecule has 0 spiro atoms. The van der Waals surface area contributed by atoms with Gasteiger partial charge in [0.1, 0.15) is 6.04 Å². The van der Waals surface area contributed by atoms with Gasteiger partial charge in [-0.3, -0.25) is 24.1 Å². The number of amides is 4. The average molecular weight is 571 g/mol. The highest BCUT2D eigenvalue weighted by atomic mass is 35.5. The first-order valence-electron chi connectivity index (χ1n) is 13.4. The van der Waals surface area contributed by atoms with E-state index in [2.05, 4.69) is 5.32 Å². The van der Waals surface area contributed by atoms with Crippen LogP contribution in [0.1, 0.15) is 43.7 Å². The van der Waals surface area contributed by atoms with E-state index in [0.29, 0.717) is 35.0 Å². The lowest BCUT2D eigenvalue weighted by molar-refractivity contribution is -0.144. The molecule has 3 atom stereocenters. The predicted molar refractivity (Wildman–Crippen MR) is 151 cm³/mol. The summed E-state index contributed by atoms with van der Waals surface area (Å²) in [5.41, 5.74) is 1.42. The SMILES string of the molecule is CCCNC(=O)[C@H](Cc1ccccc1)N(Cc1c(Cl)cccc1Cl)C(=O)CCN1C(=O)[C@H]2CC=CC[C@H]2C1=O. The molecule has 1 fully saturated rings. The molecule has 1 aliphatic heterocycles. The number of hydrogen-bond acceptors (Lipinski definition) is 4. The third-order valence-corrected chi connectivity index (χ3v) is 8.07. The molecule has 4 rings (SSSR count). The van der Waals surface area contributed by atoms with Gasteiger partial charge in [-0.15, -0.1) is 0 Å². The van der Waals surface area contributed by atoms with Crippen molar-refractivity contribution in [2.24, 2.45) is 11.8 Å². The highest BCUT2D eigenvalue weighted by Crippen LogP contribution is 2.35. The normalized spacial score (nSPS) is 19.1. The maximum Gasteiger partial charge on any atom is 0.243 e. The highest BCUT2D eigenvalue weighted by Gasteiger charge is 2.47. The zero-order chi connectivity index (χ0) is 27.9. The van der Waals surface area contributed by atoms with Gasteiger partial charge in [-0.05, 0) is 37.0 Å². The van der Waals surface area contributed by atoms with Crippen molar-refractivity contribution in [3.05, 3.63) is 81.9 Å². The van der Waals surface area contributed by atoms with Crippen molar-refractivity contribution in [3.8, 4) is 0 Å². The number of benzene rings is 2. The molecule has 0 bridgehead atoms. The number of allylic oxidation sites excluding steroid dienone is 2. The zero-order valence-corrected chi connectivity index (χ0v) is 23.5. The number of fused-ring (bicyclic) bond motifs is 1. The lowest BCUT2D eigenvalue weighted by Crippen LogP contribution is -2.51. The molecule has 0 radical (unpaired) electrons. The second kappa shape index (κ2) is 13.3. The van der Waals surface area contributed by atoms with Crippen LogP contribution < -0.4 is 5.32 Å². The van der Waals surface area contributed by atoms with Crippen molar-refractivity contribution in [1.29, 1.82) is 0 Å². The summed E-state index contributed by atoms with van der Waals surface area (Å²) in [6.45, 7) is 2.39. The molecule has 206 valence electrons. The third kappa shape index (κ3) is 6.71. The first kappa shape index (κ1) is 28.8. The monoisotopic (exact) mass is 569 g/mol. The van der Waals surface area contributed by atoms with Crippen molar-refractivity contribution >= 4 is 46.8 Å². The summed E-state index contributed by atoms with van der Waals surface area (Å²) in [5, 5.41) is 3.69. The molecule has 39 heavy (non-hydrogen) atoms. The standard InChI is InChI=1S/C30H33Cl2N3O4/c1-2-16-33-28(37)26(18-20-9-4-3-5-10-20)35(19-23-24(31)13-8-14-25(23)32)27(36)15-17-34-29(38)21-11-6-7-12-22(21)30(34)39/h3-10,13-14,21-22,26H,2,11-12,15-19H2,1H3,(H,33,37)/t21-,22+,26-/m0/s1. The number of carbonyl (C=O) groups excluding carboxylic acids is 4. The van der Waals surface area contributed by atoms with Crippen molar-refractivity contribution in [1.82, 2.24) is 15.1 Å². The van der Waals surface area contributed by atoms with Gasteiger partial charge in [0.25, 0.3) is 0 Å². The van der Waals surface area contributed by atoms with Crippen LogP contribution in [0.2, 0.25) is 10.0 Å². The fraction of sp³-hybridized carbons (Fsp3) is 0.400. The van der Waals surface area contributed by atoms with E-state index in [1.165, 1.54) is 9.80 Å². The minimum absolute atomic E-state index is 0.00540. The molecule has 0 saturated carbocycles. The minimum atomic E-state index is -0.851. The molecular weight excluding hydrogens is 537 g/mol. The molecular formula is C30H33Cl2N3O4. The van der Waals surface area contributed by atoms with Crippen LogP contribution in [0, 0.1) is 11.8 Å². The Kier molecular flexibility index (Phi) is 9.81. The van der Waals surface area contributed by atoms with Crippen LogP contribution in [-0.4, -0.2) is 52.6 Å². The van der Waals surface area contributed by atoms with Gasteiger partial charge >= 0.3 is 0 Å². The maximum absolute atomic E-state index is 13.9. The van der Waals surface area contributed by atoms with Crippen molar-refractivity contribution < 1.29 is 19.2 Å². The van der Waals surface area contributed by atoms with Gasteiger partial charge in [0.2, 0.25) is 23.6 Å². The molecule has 2 aromatic rings. The Morgan fingerprint density at radius 2 is 1.59 bits per heavy atom. The van der Waals surface area contributed by atoms with Crippen LogP contribution in [0.15, 0.2) is 60.7 Å². The molecule has 0 aromatic heterocycles. The van der Waals surface area contributed by atoms with Crippen LogP contribution in [-0.2, 0) is 32.1 Å². The van der Waals surface area contributed by atoms with E-state index in [9.17, 15) is 19.2 Å². The van der Waals surface area contributed by atoms with Crippen LogP contribution in [0.3, 0.4) is 0 Å². The van der Waals surface area contributed by atoms with Gasteiger partial charge in [-0.25, -0.2) is 0 Å². The van der Waals surface area contributed by atoms with Gasteiger partial charge in [0.15, 0.2) is 0 Å². The van der Waals surface area contributed by atoms with Gasteiger partial charge in [0, 0.05) is 48.1 Å².